The summed E-state index contributed by atoms with van der Waals surface area (Å²) in [6.45, 7) is 7.09. The van der Waals surface area contributed by atoms with E-state index in [1.54, 1.807) is 0 Å². The van der Waals surface area contributed by atoms with E-state index >= 15 is 0 Å². The van der Waals surface area contributed by atoms with Crippen molar-refractivity contribution in [3.8, 4) is 5.75 Å². The number of aliphatic hydroxyl groups is 1. The second-order valence-electron chi connectivity index (χ2n) is 5.13. The number of hydrogen-bond donors (Lipinski definition) is 1. The van der Waals surface area contributed by atoms with Gasteiger partial charge < -0.3 is 9.84 Å². The standard InChI is InChI=1S/C13H18O2/c1-13(2,3)10-6-4-5-9-11(14)7-8-15-12(9)10/h4-6,11,14H,7-8H2,1-3H3. The normalized spacial score (nSPS) is 20.7. The van der Waals surface area contributed by atoms with Crippen LogP contribution in [0.25, 0.3) is 0 Å². The molecule has 0 aliphatic carbocycles. The average Bonchev–Trinajstić information content (AvgIpc) is 2.16. The molecule has 1 aromatic carbocycles. The summed E-state index contributed by atoms with van der Waals surface area (Å²) in [5.41, 5.74) is 2.18. The summed E-state index contributed by atoms with van der Waals surface area (Å²) in [5, 5.41) is 9.87. The summed E-state index contributed by atoms with van der Waals surface area (Å²) in [6.07, 6.45) is 0.330. The van der Waals surface area contributed by atoms with Crippen molar-refractivity contribution in [3.63, 3.8) is 0 Å². The van der Waals surface area contributed by atoms with Crippen LogP contribution in [0.5, 0.6) is 5.75 Å². The maximum absolute atomic E-state index is 9.87. The Hall–Kier alpha value is -1.02. The highest BCUT2D eigenvalue weighted by atomic mass is 16.5. The van der Waals surface area contributed by atoms with Crippen LogP contribution in [-0.2, 0) is 5.41 Å². The lowest BCUT2D eigenvalue weighted by Gasteiger charge is -2.29. The van der Waals surface area contributed by atoms with E-state index in [1.165, 1.54) is 5.56 Å². The van der Waals surface area contributed by atoms with E-state index < -0.39 is 0 Å². The van der Waals surface area contributed by atoms with E-state index in [2.05, 4.69) is 26.8 Å². The Kier molecular flexibility index (Phi) is 2.47. The quantitative estimate of drug-likeness (QED) is 0.707. The Balaban J connectivity index is 2.54. The number of ether oxygens (including phenoxy) is 1. The van der Waals surface area contributed by atoms with Crippen LogP contribution in [0, 0.1) is 0 Å². The molecule has 2 nitrogen and oxygen atoms in total. The van der Waals surface area contributed by atoms with Crippen LogP contribution in [0.3, 0.4) is 0 Å². The van der Waals surface area contributed by atoms with Crippen molar-refractivity contribution in [2.45, 2.75) is 38.7 Å². The molecule has 1 heterocycles. The van der Waals surface area contributed by atoms with Gasteiger partial charge in [-0.05, 0) is 11.0 Å². The summed E-state index contributed by atoms with van der Waals surface area (Å²) in [6, 6.07) is 6.03. The second-order valence-corrected chi connectivity index (χ2v) is 5.13. The van der Waals surface area contributed by atoms with E-state index in [9.17, 15) is 5.11 Å². The maximum atomic E-state index is 9.87. The molecule has 1 unspecified atom stereocenters. The van der Waals surface area contributed by atoms with Crippen LogP contribution in [0.15, 0.2) is 18.2 Å². The third-order valence-electron chi connectivity index (χ3n) is 2.85. The molecule has 0 saturated heterocycles. The zero-order valence-electron chi connectivity index (χ0n) is 9.58. The Morgan fingerprint density at radius 1 is 1.33 bits per heavy atom. The maximum Gasteiger partial charge on any atom is 0.128 e. The minimum atomic E-state index is -0.365. The van der Waals surface area contributed by atoms with Crippen molar-refractivity contribution >= 4 is 0 Å². The monoisotopic (exact) mass is 206 g/mol. The third-order valence-corrected chi connectivity index (χ3v) is 2.85. The van der Waals surface area contributed by atoms with Crippen molar-refractivity contribution in [1.82, 2.24) is 0 Å². The Labute approximate surface area is 90.9 Å². The molecule has 1 aromatic rings. The van der Waals surface area contributed by atoms with E-state index in [4.69, 9.17) is 4.74 Å². The van der Waals surface area contributed by atoms with Crippen LogP contribution in [0.2, 0.25) is 0 Å². The molecule has 2 rings (SSSR count). The number of hydrogen-bond acceptors (Lipinski definition) is 2. The van der Waals surface area contributed by atoms with Gasteiger partial charge in [0.05, 0.1) is 12.7 Å². The zero-order valence-corrected chi connectivity index (χ0v) is 9.58. The molecule has 0 radical (unpaired) electrons. The molecule has 15 heavy (non-hydrogen) atoms. The fourth-order valence-corrected chi connectivity index (χ4v) is 2.00. The third kappa shape index (κ3) is 1.86. The minimum Gasteiger partial charge on any atom is -0.493 e. The molecule has 0 aromatic heterocycles. The molecule has 1 atom stereocenters. The highest BCUT2D eigenvalue weighted by molar-refractivity contribution is 5.47. The lowest BCUT2D eigenvalue weighted by molar-refractivity contribution is 0.114. The predicted octanol–water partition coefficient (Wildman–Crippen LogP) is 2.80. The lowest BCUT2D eigenvalue weighted by Crippen LogP contribution is -2.20. The molecule has 1 N–H and O–H groups in total. The van der Waals surface area contributed by atoms with Crippen molar-refractivity contribution in [2.75, 3.05) is 6.61 Å². The van der Waals surface area contributed by atoms with Crippen molar-refractivity contribution in [1.29, 1.82) is 0 Å². The lowest BCUT2D eigenvalue weighted by atomic mass is 9.84. The minimum absolute atomic E-state index is 0.0579. The fourth-order valence-electron chi connectivity index (χ4n) is 2.00. The molecule has 82 valence electrons. The smallest absolute Gasteiger partial charge is 0.128 e. The topological polar surface area (TPSA) is 29.5 Å². The number of benzene rings is 1. The van der Waals surface area contributed by atoms with Gasteiger partial charge in [-0.3, -0.25) is 0 Å². The fraction of sp³-hybridized carbons (Fsp3) is 0.538. The van der Waals surface area contributed by atoms with Crippen molar-refractivity contribution < 1.29 is 9.84 Å². The summed E-state index contributed by atoms with van der Waals surface area (Å²) in [4.78, 5) is 0. The van der Waals surface area contributed by atoms with E-state index in [0.29, 0.717) is 13.0 Å². The van der Waals surface area contributed by atoms with E-state index in [0.717, 1.165) is 11.3 Å². The van der Waals surface area contributed by atoms with E-state index in [1.807, 2.05) is 12.1 Å². The molecular formula is C13H18O2. The first-order chi connectivity index (χ1) is 7.00. The highest BCUT2D eigenvalue weighted by Gasteiger charge is 2.26. The van der Waals surface area contributed by atoms with Crippen LogP contribution in [0.4, 0.5) is 0 Å². The Bertz CT molecular complexity index is 363. The molecule has 0 fully saturated rings. The van der Waals surface area contributed by atoms with Gasteiger partial charge in [0, 0.05) is 12.0 Å². The van der Waals surface area contributed by atoms with Crippen LogP contribution in [-0.4, -0.2) is 11.7 Å². The zero-order chi connectivity index (χ0) is 11.1. The second kappa shape index (κ2) is 3.53. The first-order valence-electron chi connectivity index (χ1n) is 5.44. The van der Waals surface area contributed by atoms with Gasteiger partial charge >= 0.3 is 0 Å². The van der Waals surface area contributed by atoms with Crippen LogP contribution in [0.1, 0.15) is 44.4 Å². The predicted molar refractivity (Wildman–Crippen MR) is 60.2 cm³/mol. The van der Waals surface area contributed by atoms with E-state index in [-0.39, 0.29) is 11.5 Å². The Morgan fingerprint density at radius 2 is 2.07 bits per heavy atom. The molecule has 0 bridgehead atoms. The van der Waals surface area contributed by atoms with Crippen molar-refractivity contribution in [2.24, 2.45) is 0 Å². The molecular weight excluding hydrogens is 188 g/mol. The highest BCUT2D eigenvalue weighted by Crippen LogP contribution is 2.39. The van der Waals surface area contributed by atoms with Gasteiger partial charge in [-0.15, -0.1) is 0 Å². The van der Waals surface area contributed by atoms with Gasteiger partial charge in [0.15, 0.2) is 0 Å². The summed E-state index contributed by atoms with van der Waals surface area (Å²) >= 11 is 0. The number of para-hydroxylation sites is 1. The molecule has 0 amide bonds. The first kappa shape index (κ1) is 10.5. The average molecular weight is 206 g/mol. The molecule has 0 spiro atoms. The first-order valence-corrected chi connectivity index (χ1v) is 5.44. The summed E-state index contributed by atoms with van der Waals surface area (Å²) < 4.78 is 5.69. The molecule has 1 aliphatic heterocycles. The Morgan fingerprint density at radius 3 is 2.73 bits per heavy atom. The SMILES string of the molecule is CC(C)(C)c1cccc2c1OCCC2O. The van der Waals surface area contributed by atoms with Crippen molar-refractivity contribution in [3.05, 3.63) is 29.3 Å². The summed E-state index contributed by atoms with van der Waals surface area (Å²) in [7, 11) is 0. The number of rotatable bonds is 0. The molecule has 0 saturated carbocycles. The van der Waals surface area contributed by atoms with Gasteiger partial charge in [-0.1, -0.05) is 39.0 Å². The van der Waals surface area contributed by atoms with Crippen LogP contribution >= 0.6 is 0 Å². The molecule has 1 aliphatic rings. The van der Waals surface area contributed by atoms with Gasteiger partial charge in [-0.2, -0.15) is 0 Å². The number of fused-ring (bicyclic) bond motifs is 1. The number of aliphatic hydroxyl groups excluding tert-OH is 1. The molecule has 2 heteroatoms. The van der Waals surface area contributed by atoms with Gasteiger partial charge in [0.2, 0.25) is 0 Å². The van der Waals surface area contributed by atoms with Crippen LogP contribution < -0.4 is 4.74 Å². The largest absolute Gasteiger partial charge is 0.493 e. The van der Waals surface area contributed by atoms with Gasteiger partial charge in [0.1, 0.15) is 5.75 Å². The summed E-state index contributed by atoms with van der Waals surface area (Å²) in [5.74, 6) is 0.892. The van der Waals surface area contributed by atoms with Gasteiger partial charge in [0.25, 0.3) is 0 Å². The van der Waals surface area contributed by atoms with Gasteiger partial charge in [-0.25, -0.2) is 0 Å².